The molecule has 2 amide bonds. The molecule has 0 saturated carbocycles. The van der Waals surface area contributed by atoms with E-state index in [1.807, 2.05) is 25.2 Å². The Bertz CT molecular complexity index is 506. The lowest BCUT2D eigenvalue weighted by Gasteiger charge is -2.25. The van der Waals surface area contributed by atoms with Crippen LogP contribution in [-0.4, -0.2) is 54.4 Å². The highest BCUT2D eigenvalue weighted by Gasteiger charge is 2.31. The Labute approximate surface area is 131 Å². The van der Waals surface area contributed by atoms with Crippen molar-refractivity contribution >= 4 is 11.8 Å². The number of pyridine rings is 1. The minimum atomic E-state index is -0.0122. The fraction of sp³-hybridized carbons (Fsp3) is 0.562. The lowest BCUT2D eigenvalue weighted by molar-refractivity contribution is -0.122. The molecule has 0 aliphatic carbocycles. The maximum atomic E-state index is 11.9. The number of carbonyl (C=O) groups excluding carboxylic acids is 2. The molecule has 6 nitrogen and oxygen atoms in total. The second kappa shape index (κ2) is 7.89. The van der Waals surface area contributed by atoms with Crippen LogP contribution in [-0.2, 0) is 16.0 Å². The van der Waals surface area contributed by atoms with Gasteiger partial charge in [-0.25, -0.2) is 0 Å². The number of nitrogens with one attached hydrogen (secondary N) is 2. The summed E-state index contributed by atoms with van der Waals surface area (Å²) in [7, 11) is 3.68. The van der Waals surface area contributed by atoms with Gasteiger partial charge < -0.3 is 10.6 Å². The Morgan fingerprint density at radius 3 is 2.73 bits per heavy atom. The van der Waals surface area contributed by atoms with Gasteiger partial charge in [0.05, 0.1) is 6.42 Å². The molecule has 0 bridgehead atoms. The number of hydrogen-bond donors (Lipinski definition) is 2. The average Bonchev–Trinajstić information content (AvgIpc) is 2.86. The quantitative estimate of drug-likeness (QED) is 0.795. The highest BCUT2D eigenvalue weighted by atomic mass is 16.2. The zero-order valence-electron chi connectivity index (χ0n) is 13.2. The van der Waals surface area contributed by atoms with Gasteiger partial charge in [-0.2, -0.15) is 0 Å². The number of carbonyl (C=O) groups is 2. The van der Waals surface area contributed by atoms with E-state index >= 15 is 0 Å². The van der Waals surface area contributed by atoms with Crippen LogP contribution in [0.4, 0.5) is 0 Å². The van der Waals surface area contributed by atoms with Crippen LogP contribution < -0.4 is 10.6 Å². The Morgan fingerprint density at radius 1 is 1.27 bits per heavy atom. The second-order valence-electron chi connectivity index (χ2n) is 5.73. The molecule has 2 N–H and O–H groups in total. The molecule has 0 spiro atoms. The van der Waals surface area contributed by atoms with Gasteiger partial charge >= 0.3 is 0 Å². The summed E-state index contributed by atoms with van der Waals surface area (Å²) in [6.45, 7) is 0.617. The van der Waals surface area contributed by atoms with Gasteiger partial charge in [0.1, 0.15) is 0 Å². The Kier molecular flexibility index (Phi) is 5.89. The summed E-state index contributed by atoms with van der Waals surface area (Å²) in [6, 6.07) is 6.12. The summed E-state index contributed by atoms with van der Waals surface area (Å²) in [5.74, 6) is 0.0542. The molecule has 1 aromatic rings. The van der Waals surface area contributed by atoms with Gasteiger partial charge in [-0.1, -0.05) is 6.07 Å². The number of hydrogen-bond acceptors (Lipinski definition) is 4. The van der Waals surface area contributed by atoms with Crippen molar-refractivity contribution in [3.05, 3.63) is 30.1 Å². The SMILES string of the molecule is CNC(=O)C[C@H]1CC[C@@H](CNC(=O)Cc2ccccn2)N1C. The summed E-state index contributed by atoms with van der Waals surface area (Å²) in [5, 5.41) is 5.63. The molecular formula is C16H24N4O2. The van der Waals surface area contributed by atoms with Crippen LogP contribution >= 0.6 is 0 Å². The normalized spacial score (nSPS) is 21.5. The van der Waals surface area contributed by atoms with Crippen molar-refractivity contribution < 1.29 is 9.59 Å². The van der Waals surface area contributed by atoms with Gasteiger partial charge in [0, 0.05) is 44.0 Å². The summed E-state index contributed by atoms with van der Waals surface area (Å²) >= 11 is 0. The second-order valence-corrected chi connectivity index (χ2v) is 5.73. The molecule has 22 heavy (non-hydrogen) atoms. The van der Waals surface area contributed by atoms with Gasteiger partial charge in [0.15, 0.2) is 0 Å². The number of likely N-dealkylation sites (tertiary alicyclic amines) is 1. The molecular weight excluding hydrogens is 280 g/mol. The first kappa shape index (κ1) is 16.4. The minimum Gasteiger partial charge on any atom is -0.359 e. The molecule has 1 aliphatic rings. The molecule has 6 heteroatoms. The Morgan fingerprint density at radius 2 is 2.05 bits per heavy atom. The molecule has 1 aromatic heterocycles. The number of aromatic nitrogens is 1. The van der Waals surface area contributed by atoms with Crippen molar-refractivity contribution in [1.82, 2.24) is 20.5 Å². The number of likely N-dealkylation sites (N-methyl/N-ethyl adjacent to an activating group) is 1. The summed E-state index contributed by atoms with van der Waals surface area (Å²) < 4.78 is 0. The molecule has 2 rings (SSSR count). The highest BCUT2D eigenvalue weighted by Crippen LogP contribution is 2.24. The van der Waals surface area contributed by atoms with Gasteiger partial charge in [0.2, 0.25) is 11.8 Å². The van der Waals surface area contributed by atoms with Crippen LogP contribution in [0.1, 0.15) is 25.0 Å². The predicted octanol–water partition coefficient (Wildman–Crippen LogP) is 0.339. The van der Waals surface area contributed by atoms with Crippen molar-refractivity contribution in [2.24, 2.45) is 0 Å². The predicted molar refractivity (Wildman–Crippen MR) is 84.2 cm³/mol. The summed E-state index contributed by atoms with van der Waals surface area (Å²) in [6.07, 6.45) is 4.51. The van der Waals surface area contributed by atoms with Crippen molar-refractivity contribution in [3.63, 3.8) is 0 Å². The fourth-order valence-electron chi connectivity index (χ4n) is 2.86. The molecule has 1 fully saturated rings. The Balaban J connectivity index is 1.75. The van der Waals surface area contributed by atoms with Gasteiger partial charge in [0.25, 0.3) is 0 Å². The van der Waals surface area contributed by atoms with E-state index in [0.717, 1.165) is 18.5 Å². The van der Waals surface area contributed by atoms with Crippen molar-refractivity contribution in [2.45, 2.75) is 37.8 Å². The van der Waals surface area contributed by atoms with Crippen molar-refractivity contribution in [1.29, 1.82) is 0 Å². The molecule has 0 aromatic carbocycles. The van der Waals surface area contributed by atoms with Crippen LogP contribution in [0.5, 0.6) is 0 Å². The first-order chi connectivity index (χ1) is 10.6. The zero-order valence-corrected chi connectivity index (χ0v) is 13.2. The van der Waals surface area contributed by atoms with E-state index < -0.39 is 0 Å². The third-order valence-electron chi connectivity index (χ3n) is 4.29. The first-order valence-electron chi connectivity index (χ1n) is 7.69. The summed E-state index contributed by atoms with van der Waals surface area (Å²) in [5.41, 5.74) is 0.775. The third kappa shape index (κ3) is 4.53. The van der Waals surface area contributed by atoms with Crippen LogP contribution in [0, 0.1) is 0 Å². The van der Waals surface area contributed by atoms with Gasteiger partial charge in [-0.3, -0.25) is 19.5 Å². The lowest BCUT2D eigenvalue weighted by atomic mass is 10.1. The average molecular weight is 304 g/mol. The van der Waals surface area contributed by atoms with Gasteiger partial charge in [-0.15, -0.1) is 0 Å². The van der Waals surface area contributed by atoms with E-state index in [-0.39, 0.29) is 17.9 Å². The smallest absolute Gasteiger partial charge is 0.226 e. The maximum absolute atomic E-state index is 11.9. The largest absolute Gasteiger partial charge is 0.359 e. The van der Waals surface area contributed by atoms with Gasteiger partial charge in [-0.05, 0) is 32.0 Å². The molecule has 2 atom stereocenters. The molecule has 2 heterocycles. The van der Waals surface area contributed by atoms with E-state index in [1.54, 1.807) is 13.2 Å². The van der Waals surface area contributed by atoms with Crippen molar-refractivity contribution in [3.8, 4) is 0 Å². The van der Waals surface area contributed by atoms with E-state index in [2.05, 4.69) is 20.5 Å². The fourth-order valence-corrected chi connectivity index (χ4v) is 2.86. The van der Waals surface area contributed by atoms with Crippen LogP contribution in [0.2, 0.25) is 0 Å². The monoisotopic (exact) mass is 304 g/mol. The van der Waals surface area contributed by atoms with Crippen molar-refractivity contribution in [2.75, 3.05) is 20.6 Å². The number of amides is 2. The van der Waals surface area contributed by atoms with E-state index in [0.29, 0.717) is 25.4 Å². The Hall–Kier alpha value is -1.95. The zero-order chi connectivity index (χ0) is 15.9. The third-order valence-corrected chi connectivity index (χ3v) is 4.29. The molecule has 1 saturated heterocycles. The minimum absolute atomic E-state index is 0.0122. The lowest BCUT2D eigenvalue weighted by Crippen LogP contribution is -2.42. The topological polar surface area (TPSA) is 74.3 Å². The van der Waals surface area contributed by atoms with E-state index in [1.165, 1.54) is 0 Å². The molecule has 0 radical (unpaired) electrons. The van der Waals surface area contributed by atoms with E-state index in [4.69, 9.17) is 0 Å². The molecule has 120 valence electrons. The number of nitrogens with zero attached hydrogens (tertiary/aromatic N) is 2. The van der Waals surface area contributed by atoms with E-state index in [9.17, 15) is 9.59 Å². The molecule has 1 aliphatic heterocycles. The first-order valence-corrected chi connectivity index (χ1v) is 7.69. The maximum Gasteiger partial charge on any atom is 0.226 e. The van der Waals surface area contributed by atoms with Crippen LogP contribution in [0.25, 0.3) is 0 Å². The van der Waals surface area contributed by atoms with Crippen LogP contribution in [0.3, 0.4) is 0 Å². The summed E-state index contributed by atoms with van der Waals surface area (Å²) in [4.78, 5) is 29.8. The highest BCUT2D eigenvalue weighted by molar-refractivity contribution is 5.78. The van der Waals surface area contributed by atoms with Crippen LogP contribution in [0.15, 0.2) is 24.4 Å². The number of rotatable bonds is 6. The standard InChI is InChI=1S/C16H24N4O2/c1-17-15(21)10-13-6-7-14(20(13)2)11-19-16(22)9-12-5-3-4-8-18-12/h3-5,8,13-14H,6-7,9-11H2,1-2H3,(H,17,21)(H,19,22)/t13-,14+/m1/s1. The molecule has 0 unspecified atom stereocenters.